The molecule has 0 aliphatic carbocycles. The summed E-state index contributed by atoms with van der Waals surface area (Å²) in [7, 11) is 0. The van der Waals surface area contributed by atoms with Crippen LogP contribution in [-0.4, -0.2) is 22.4 Å². The van der Waals surface area contributed by atoms with Gasteiger partial charge in [-0.15, -0.1) is 11.3 Å². The summed E-state index contributed by atoms with van der Waals surface area (Å²) in [5.74, 6) is 0.789. The van der Waals surface area contributed by atoms with E-state index < -0.39 is 4.92 Å². The molecule has 0 aliphatic rings. The summed E-state index contributed by atoms with van der Waals surface area (Å²) in [5.41, 5.74) is 2.42. The number of anilines is 1. The van der Waals surface area contributed by atoms with E-state index in [1.54, 1.807) is 17.5 Å². The molecule has 29 heavy (non-hydrogen) atoms. The third-order valence-electron chi connectivity index (χ3n) is 4.53. The maximum atomic E-state index is 12.1. The number of rotatable bonds is 8. The van der Waals surface area contributed by atoms with Gasteiger partial charge in [0, 0.05) is 23.1 Å². The highest BCUT2D eigenvalue weighted by molar-refractivity contribution is 7.14. The van der Waals surface area contributed by atoms with Gasteiger partial charge < -0.3 is 4.74 Å². The first-order valence-corrected chi connectivity index (χ1v) is 10.1. The van der Waals surface area contributed by atoms with Crippen LogP contribution in [0.1, 0.15) is 31.7 Å². The summed E-state index contributed by atoms with van der Waals surface area (Å²) in [6.45, 7) is 4.18. The highest BCUT2D eigenvalue weighted by atomic mass is 32.1. The predicted octanol–water partition coefficient (Wildman–Crippen LogP) is 5.25. The van der Waals surface area contributed by atoms with Crippen LogP contribution in [0.15, 0.2) is 53.9 Å². The molecule has 1 N–H and O–H groups in total. The van der Waals surface area contributed by atoms with Crippen molar-refractivity contribution in [3.8, 4) is 17.0 Å². The third-order valence-corrected chi connectivity index (χ3v) is 5.29. The Labute approximate surface area is 172 Å². The Morgan fingerprint density at radius 3 is 2.72 bits per heavy atom. The van der Waals surface area contributed by atoms with Crippen molar-refractivity contribution in [3.05, 3.63) is 69.6 Å². The largest absolute Gasteiger partial charge is 0.484 e. The lowest BCUT2D eigenvalue weighted by atomic mass is 9.99. The van der Waals surface area contributed by atoms with Gasteiger partial charge in [-0.2, -0.15) is 0 Å². The molecule has 0 saturated heterocycles. The van der Waals surface area contributed by atoms with Crippen molar-refractivity contribution in [2.75, 3.05) is 11.9 Å². The Morgan fingerprint density at radius 1 is 1.28 bits per heavy atom. The predicted molar refractivity (Wildman–Crippen MR) is 113 cm³/mol. The number of ether oxygens (including phenoxy) is 1. The Kier molecular flexibility index (Phi) is 6.56. The highest BCUT2D eigenvalue weighted by Gasteiger charge is 2.12. The molecule has 1 aromatic heterocycles. The van der Waals surface area contributed by atoms with Crippen LogP contribution in [0, 0.1) is 10.1 Å². The number of nitro benzene ring substituents is 1. The summed E-state index contributed by atoms with van der Waals surface area (Å²) in [6.07, 6.45) is 1.06. The zero-order chi connectivity index (χ0) is 20.8. The second-order valence-electron chi connectivity index (χ2n) is 6.56. The smallest absolute Gasteiger partial charge is 0.270 e. The lowest BCUT2D eigenvalue weighted by Crippen LogP contribution is -2.20. The number of non-ortho nitro benzene ring substituents is 1. The van der Waals surface area contributed by atoms with E-state index in [1.165, 1.54) is 29.0 Å². The SMILES string of the molecule is CC[C@H](C)c1ccc(OCC(=O)Nc2nc(-c3cccc([N+](=O)[O-])c3)cs2)cc1. The second-order valence-corrected chi connectivity index (χ2v) is 7.42. The van der Waals surface area contributed by atoms with Crippen molar-refractivity contribution in [3.63, 3.8) is 0 Å². The molecule has 0 aliphatic heterocycles. The van der Waals surface area contributed by atoms with E-state index in [4.69, 9.17) is 4.74 Å². The zero-order valence-corrected chi connectivity index (χ0v) is 16.9. The van der Waals surface area contributed by atoms with Crippen molar-refractivity contribution in [2.45, 2.75) is 26.2 Å². The summed E-state index contributed by atoms with van der Waals surface area (Å²) < 4.78 is 5.53. The third kappa shape index (κ3) is 5.39. The second kappa shape index (κ2) is 9.29. The highest BCUT2D eigenvalue weighted by Crippen LogP contribution is 2.27. The maximum absolute atomic E-state index is 12.1. The fourth-order valence-corrected chi connectivity index (χ4v) is 3.41. The summed E-state index contributed by atoms with van der Waals surface area (Å²) in [4.78, 5) is 26.9. The monoisotopic (exact) mass is 411 g/mol. The summed E-state index contributed by atoms with van der Waals surface area (Å²) >= 11 is 1.25. The fraction of sp³-hybridized carbons (Fsp3) is 0.238. The fourth-order valence-electron chi connectivity index (χ4n) is 2.68. The lowest BCUT2D eigenvalue weighted by molar-refractivity contribution is -0.384. The van der Waals surface area contributed by atoms with Gasteiger partial charge in [-0.1, -0.05) is 38.1 Å². The number of nitrogens with zero attached hydrogens (tertiary/aromatic N) is 2. The van der Waals surface area contributed by atoms with Gasteiger partial charge in [0.1, 0.15) is 5.75 Å². The van der Waals surface area contributed by atoms with Crippen LogP contribution in [0.2, 0.25) is 0 Å². The van der Waals surface area contributed by atoms with Crippen molar-refractivity contribution in [1.82, 2.24) is 4.98 Å². The van der Waals surface area contributed by atoms with Crippen molar-refractivity contribution < 1.29 is 14.5 Å². The Balaban J connectivity index is 1.56. The van der Waals surface area contributed by atoms with E-state index >= 15 is 0 Å². The lowest BCUT2D eigenvalue weighted by Gasteiger charge is -2.10. The van der Waals surface area contributed by atoms with Crippen LogP contribution in [-0.2, 0) is 4.79 Å². The van der Waals surface area contributed by atoms with Crippen molar-refractivity contribution >= 4 is 28.1 Å². The average molecular weight is 411 g/mol. The van der Waals surface area contributed by atoms with Gasteiger partial charge in [-0.25, -0.2) is 4.98 Å². The quantitative estimate of drug-likeness (QED) is 0.403. The van der Waals surface area contributed by atoms with Crippen LogP contribution in [0.25, 0.3) is 11.3 Å². The molecule has 0 bridgehead atoms. The van der Waals surface area contributed by atoms with Crippen molar-refractivity contribution in [2.24, 2.45) is 0 Å². The molecule has 0 spiro atoms. The van der Waals surface area contributed by atoms with E-state index in [0.717, 1.165) is 6.42 Å². The van der Waals surface area contributed by atoms with Gasteiger partial charge in [-0.05, 0) is 30.0 Å². The molecular weight excluding hydrogens is 390 g/mol. The van der Waals surface area contributed by atoms with E-state index in [2.05, 4.69) is 24.1 Å². The molecule has 1 heterocycles. The summed E-state index contributed by atoms with van der Waals surface area (Å²) in [6, 6.07) is 13.9. The number of hydrogen-bond acceptors (Lipinski definition) is 6. The van der Waals surface area contributed by atoms with Crippen LogP contribution in [0.5, 0.6) is 5.75 Å². The van der Waals surface area contributed by atoms with Gasteiger partial charge in [0.05, 0.1) is 10.6 Å². The molecule has 1 atom stereocenters. The molecule has 7 nitrogen and oxygen atoms in total. The first-order chi connectivity index (χ1) is 14.0. The molecule has 0 radical (unpaired) electrons. The minimum Gasteiger partial charge on any atom is -0.484 e. The number of carbonyl (C=O) groups excluding carboxylic acids is 1. The average Bonchev–Trinajstić information content (AvgIpc) is 3.20. The molecule has 3 rings (SSSR count). The Morgan fingerprint density at radius 2 is 2.03 bits per heavy atom. The molecule has 1 amide bonds. The van der Waals surface area contributed by atoms with Gasteiger partial charge in [-0.3, -0.25) is 20.2 Å². The van der Waals surface area contributed by atoms with E-state index in [1.807, 2.05) is 24.3 Å². The number of amides is 1. The van der Waals surface area contributed by atoms with Crippen LogP contribution < -0.4 is 10.1 Å². The number of nitrogens with one attached hydrogen (secondary N) is 1. The molecular formula is C21H21N3O4S. The maximum Gasteiger partial charge on any atom is 0.270 e. The van der Waals surface area contributed by atoms with E-state index in [0.29, 0.717) is 28.1 Å². The van der Waals surface area contributed by atoms with E-state index in [9.17, 15) is 14.9 Å². The van der Waals surface area contributed by atoms with Gasteiger partial charge >= 0.3 is 0 Å². The van der Waals surface area contributed by atoms with Crippen LogP contribution in [0.4, 0.5) is 10.8 Å². The number of thiazole rings is 1. The Hall–Kier alpha value is -3.26. The molecule has 8 heteroatoms. The van der Waals surface area contributed by atoms with Gasteiger partial charge in [0.15, 0.2) is 11.7 Å². The van der Waals surface area contributed by atoms with Crippen molar-refractivity contribution in [1.29, 1.82) is 0 Å². The van der Waals surface area contributed by atoms with E-state index in [-0.39, 0.29) is 18.2 Å². The molecule has 0 fully saturated rings. The number of aromatic nitrogens is 1. The van der Waals surface area contributed by atoms with Crippen LogP contribution in [0.3, 0.4) is 0 Å². The zero-order valence-electron chi connectivity index (χ0n) is 16.1. The number of hydrogen-bond donors (Lipinski definition) is 1. The molecule has 3 aromatic rings. The normalized spacial score (nSPS) is 11.7. The Bertz CT molecular complexity index is 1000. The molecule has 0 unspecified atom stereocenters. The van der Waals surface area contributed by atoms with Crippen LogP contribution >= 0.6 is 11.3 Å². The minimum atomic E-state index is -0.453. The molecule has 0 saturated carbocycles. The number of carbonyl (C=O) groups is 1. The van der Waals surface area contributed by atoms with Gasteiger partial charge in [0.25, 0.3) is 11.6 Å². The minimum absolute atomic E-state index is 0.00571. The summed E-state index contributed by atoms with van der Waals surface area (Å²) in [5, 5.41) is 15.7. The first kappa shape index (κ1) is 20.5. The topological polar surface area (TPSA) is 94.4 Å². The van der Waals surface area contributed by atoms with Gasteiger partial charge in [0.2, 0.25) is 0 Å². The standard InChI is InChI=1S/C21H21N3O4S/c1-3-14(2)15-7-9-18(10-8-15)28-12-20(25)23-21-22-19(13-29-21)16-5-4-6-17(11-16)24(26)27/h4-11,13-14H,3,12H2,1-2H3,(H,22,23,25)/t14-/m0/s1. The number of benzene rings is 2. The molecule has 150 valence electrons. The number of nitro groups is 1. The molecule has 2 aromatic carbocycles. The first-order valence-electron chi connectivity index (χ1n) is 9.19.